The third-order valence-corrected chi connectivity index (χ3v) is 5.08. The van der Waals surface area contributed by atoms with Gasteiger partial charge in [0, 0.05) is 10.9 Å². The third kappa shape index (κ3) is 3.39. The van der Waals surface area contributed by atoms with Crippen molar-refractivity contribution in [2.45, 2.75) is 26.1 Å². The van der Waals surface area contributed by atoms with Crippen molar-refractivity contribution in [3.8, 4) is 0 Å². The van der Waals surface area contributed by atoms with Crippen LogP contribution < -0.4 is 5.32 Å². The summed E-state index contributed by atoms with van der Waals surface area (Å²) in [7, 11) is 0. The molecule has 1 N–H and O–H groups in total. The van der Waals surface area contributed by atoms with Crippen LogP contribution in [0.1, 0.15) is 29.9 Å². The van der Waals surface area contributed by atoms with E-state index in [4.69, 9.17) is 0 Å². The minimum atomic E-state index is -4.78. The number of fused-ring (bicyclic) bond motifs is 3. The first-order chi connectivity index (χ1) is 13.7. The maximum atomic E-state index is 14.5. The molecule has 4 aromatic rings. The number of aryl methyl sites for hydroxylation is 1. The SMILES string of the molecule is Cc1nc(N[C@H](C)c2cccc(C(F)(F)F)c2F)c2cc(Br)n3cnnc3c2n1. The number of nitrogens with one attached hydrogen (secondary N) is 1. The molecule has 0 amide bonds. The number of benzene rings is 1. The van der Waals surface area contributed by atoms with Crippen LogP contribution in [-0.2, 0) is 6.18 Å². The Balaban J connectivity index is 1.82. The van der Waals surface area contributed by atoms with Crippen molar-refractivity contribution in [2.24, 2.45) is 0 Å². The maximum absolute atomic E-state index is 14.5. The second-order valence-electron chi connectivity index (χ2n) is 6.45. The van der Waals surface area contributed by atoms with Crippen LogP contribution in [0.3, 0.4) is 0 Å². The van der Waals surface area contributed by atoms with E-state index in [1.807, 2.05) is 0 Å². The second kappa shape index (κ2) is 6.90. The van der Waals surface area contributed by atoms with Crippen LogP contribution >= 0.6 is 15.9 Å². The lowest BCUT2D eigenvalue weighted by Gasteiger charge is -2.19. The van der Waals surface area contributed by atoms with E-state index < -0.39 is 23.6 Å². The van der Waals surface area contributed by atoms with Gasteiger partial charge in [0.1, 0.15) is 29.3 Å². The van der Waals surface area contributed by atoms with E-state index in [1.165, 1.54) is 18.5 Å². The Bertz CT molecular complexity index is 1240. The second-order valence-corrected chi connectivity index (χ2v) is 7.26. The molecule has 29 heavy (non-hydrogen) atoms. The normalized spacial score (nSPS) is 13.2. The number of anilines is 1. The van der Waals surface area contributed by atoms with Gasteiger partial charge in [-0.3, -0.25) is 4.40 Å². The summed E-state index contributed by atoms with van der Waals surface area (Å²) in [4.78, 5) is 8.76. The number of hydrogen-bond donors (Lipinski definition) is 1. The average Bonchev–Trinajstić information content (AvgIpc) is 3.12. The van der Waals surface area contributed by atoms with Gasteiger partial charge in [0.25, 0.3) is 0 Å². The van der Waals surface area contributed by atoms with Crippen LogP contribution in [0.4, 0.5) is 23.4 Å². The fourth-order valence-electron chi connectivity index (χ4n) is 3.13. The van der Waals surface area contributed by atoms with Gasteiger partial charge in [-0.2, -0.15) is 13.2 Å². The van der Waals surface area contributed by atoms with Crippen LogP contribution in [0.15, 0.2) is 35.2 Å². The molecular weight excluding hydrogens is 456 g/mol. The summed E-state index contributed by atoms with van der Waals surface area (Å²) in [6.45, 7) is 3.24. The first-order valence-electron chi connectivity index (χ1n) is 8.45. The highest BCUT2D eigenvalue weighted by atomic mass is 79.9. The topological polar surface area (TPSA) is 68.0 Å². The van der Waals surface area contributed by atoms with Crippen molar-refractivity contribution < 1.29 is 17.6 Å². The third-order valence-electron chi connectivity index (χ3n) is 4.46. The van der Waals surface area contributed by atoms with Gasteiger partial charge in [-0.1, -0.05) is 12.1 Å². The van der Waals surface area contributed by atoms with Gasteiger partial charge in [-0.15, -0.1) is 10.2 Å². The lowest BCUT2D eigenvalue weighted by atomic mass is 10.0. The molecule has 6 nitrogen and oxygen atoms in total. The first kappa shape index (κ1) is 19.5. The summed E-state index contributed by atoms with van der Waals surface area (Å²) in [6.07, 6.45) is -3.26. The van der Waals surface area contributed by atoms with Crippen molar-refractivity contribution in [2.75, 3.05) is 5.32 Å². The zero-order valence-corrected chi connectivity index (χ0v) is 16.7. The molecule has 11 heteroatoms. The van der Waals surface area contributed by atoms with Gasteiger partial charge < -0.3 is 5.32 Å². The van der Waals surface area contributed by atoms with Crippen LogP contribution in [-0.4, -0.2) is 24.6 Å². The summed E-state index contributed by atoms with van der Waals surface area (Å²) in [5.41, 5.74) is -0.426. The molecule has 0 saturated carbocycles. The fourth-order valence-corrected chi connectivity index (χ4v) is 3.61. The van der Waals surface area contributed by atoms with Crippen LogP contribution in [0.25, 0.3) is 16.6 Å². The minimum absolute atomic E-state index is 0.119. The fraction of sp³-hybridized carbons (Fsp3) is 0.222. The lowest BCUT2D eigenvalue weighted by Crippen LogP contribution is -2.15. The quantitative estimate of drug-likeness (QED) is 0.335. The van der Waals surface area contributed by atoms with Gasteiger partial charge in [0.2, 0.25) is 0 Å². The van der Waals surface area contributed by atoms with E-state index in [9.17, 15) is 17.6 Å². The van der Waals surface area contributed by atoms with Gasteiger partial charge in [-0.25, -0.2) is 14.4 Å². The van der Waals surface area contributed by atoms with Gasteiger partial charge in [0.05, 0.1) is 16.2 Å². The zero-order chi connectivity index (χ0) is 20.9. The Labute approximate surface area is 170 Å². The highest BCUT2D eigenvalue weighted by molar-refractivity contribution is 9.10. The van der Waals surface area contributed by atoms with Gasteiger partial charge in [-0.05, 0) is 41.9 Å². The molecule has 0 fully saturated rings. The number of pyridine rings is 1. The summed E-state index contributed by atoms with van der Waals surface area (Å²) < 4.78 is 56.0. The Kier molecular flexibility index (Phi) is 4.64. The van der Waals surface area contributed by atoms with Crippen LogP contribution in [0.2, 0.25) is 0 Å². The maximum Gasteiger partial charge on any atom is 0.419 e. The van der Waals surface area contributed by atoms with Gasteiger partial charge in [0.15, 0.2) is 5.65 Å². The molecular formula is C18H13BrF4N6. The molecule has 3 heterocycles. The number of alkyl halides is 3. The zero-order valence-electron chi connectivity index (χ0n) is 15.1. The van der Waals surface area contributed by atoms with Crippen LogP contribution in [0, 0.1) is 12.7 Å². The molecule has 1 aromatic carbocycles. The molecule has 4 rings (SSSR count). The van der Waals surface area contributed by atoms with E-state index in [-0.39, 0.29) is 5.56 Å². The smallest absolute Gasteiger partial charge is 0.363 e. The van der Waals surface area contributed by atoms with Crippen molar-refractivity contribution in [3.05, 3.63) is 58.0 Å². The number of hydrogen-bond acceptors (Lipinski definition) is 5. The molecule has 3 aromatic heterocycles. The Hall–Kier alpha value is -2.82. The molecule has 0 saturated heterocycles. The highest BCUT2D eigenvalue weighted by Gasteiger charge is 2.35. The number of nitrogens with zero attached hydrogens (tertiary/aromatic N) is 5. The van der Waals surface area contributed by atoms with Crippen molar-refractivity contribution in [3.63, 3.8) is 0 Å². The summed E-state index contributed by atoms with van der Waals surface area (Å²) >= 11 is 3.42. The molecule has 1 atom stereocenters. The predicted octanol–water partition coefficient (Wildman–Crippen LogP) is 5.07. The molecule has 150 valence electrons. The largest absolute Gasteiger partial charge is 0.419 e. The van der Waals surface area contributed by atoms with Gasteiger partial charge >= 0.3 is 6.18 Å². The Morgan fingerprint density at radius 3 is 2.69 bits per heavy atom. The first-order valence-corrected chi connectivity index (χ1v) is 9.25. The molecule has 0 unspecified atom stereocenters. The highest BCUT2D eigenvalue weighted by Crippen LogP contribution is 2.35. The minimum Gasteiger partial charge on any atom is -0.363 e. The van der Waals surface area contributed by atoms with E-state index in [1.54, 1.807) is 24.3 Å². The molecule has 0 aliphatic carbocycles. The van der Waals surface area contributed by atoms with Crippen molar-refractivity contribution in [1.82, 2.24) is 24.6 Å². The monoisotopic (exact) mass is 468 g/mol. The van der Waals surface area contributed by atoms with E-state index in [2.05, 4.69) is 41.4 Å². The van der Waals surface area contributed by atoms with E-state index in [0.717, 1.165) is 6.07 Å². The lowest BCUT2D eigenvalue weighted by molar-refractivity contribution is -0.140. The molecule has 0 radical (unpaired) electrons. The average molecular weight is 469 g/mol. The number of aromatic nitrogens is 5. The number of halogens is 5. The summed E-state index contributed by atoms with van der Waals surface area (Å²) in [5, 5.41) is 11.5. The predicted molar refractivity (Wildman–Crippen MR) is 102 cm³/mol. The standard InChI is InChI=1S/C18H13BrF4N6/c1-8(10-4-3-5-12(14(10)20)18(21,22)23)25-16-11-6-13(19)29-7-24-28-17(29)15(11)26-9(2)27-16/h3-8H,1-2H3,(H,25,26,27)/t8-/m1/s1. The van der Waals surface area contributed by atoms with Crippen molar-refractivity contribution in [1.29, 1.82) is 0 Å². The molecule has 0 aliphatic rings. The molecule has 0 aliphatic heterocycles. The summed E-state index contributed by atoms with van der Waals surface area (Å²) in [5.74, 6) is -0.539. The van der Waals surface area contributed by atoms with E-state index >= 15 is 0 Å². The Morgan fingerprint density at radius 1 is 1.21 bits per heavy atom. The molecule has 0 bridgehead atoms. The molecule has 0 spiro atoms. The summed E-state index contributed by atoms with van der Waals surface area (Å²) in [6, 6.07) is 4.16. The Morgan fingerprint density at radius 2 is 1.97 bits per heavy atom. The van der Waals surface area contributed by atoms with E-state index in [0.29, 0.717) is 32.8 Å². The number of rotatable bonds is 3. The van der Waals surface area contributed by atoms with Crippen LogP contribution in [0.5, 0.6) is 0 Å². The van der Waals surface area contributed by atoms with Crippen molar-refractivity contribution >= 4 is 38.3 Å².